The fourth-order valence-electron chi connectivity index (χ4n) is 4.18. The third kappa shape index (κ3) is 8.96. The van der Waals surface area contributed by atoms with E-state index in [0.717, 1.165) is 4.90 Å². The van der Waals surface area contributed by atoms with Crippen molar-refractivity contribution < 1.29 is 33.3 Å². The van der Waals surface area contributed by atoms with Crippen molar-refractivity contribution in [1.29, 1.82) is 0 Å². The number of nitrogens with one attached hydrogen (secondary N) is 3. The Morgan fingerprint density at radius 1 is 0.739 bits per heavy atom. The molecule has 3 amide bonds. The van der Waals surface area contributed by atoms with Gasteiger partial charge < -0.3 is 34.9 Å². The van der Waals surface area contributed by atoms with E-state index in [4.69, 9.17) is 30.5 Å². The Hall–Kier alpha value is -5.13. The molecule has 0 heterocycles. The number of thioether (sulfide) groups is 1. The zero-order chi connectivity index (χ0) is 33.1. The van der Waals surface area contributed by atoms with Gasteiger partial charge in [-0.15, -0.1) is 11.8 Å². The van der Waals surface area contributed by atoms with Crippen molar-refractivity contribution in [2.45, 2.75) is 4.90 Å². The summed E-state index contributed by atoms with van der Waals surface area (Å²) in [6, 6.07) is 23.9. The van der Waals surface area contributed by atoms with Crippen molar-refractivity contribution in [3.63, 3.8) is 0 Å². The first kappa shape index (κ1) is 33.8. The fraction of sp³-hybridized carbons (Fsp3) is 0.147. The smallest absolute Gasteiger partial charge is 0.272 e. The molecule has 0 spiro atoms. The van der Waals surface area contributed by atoms with Crippen molar-refractivity contribution in [2.24, 2.45) is 0 Å². The lowest BCUT2D eigenvalue weighted by Crippen LogP contribution is -2.30. The summed E-state index contributed by atoms with van der Waals surface area (Å²) in [4.78, 5) is 39.8. The first-order valence-electron chi connectivity index (χ1n) is 13.8. The average molecular weight is 662 g/mol. The molecule has 0 fully saturated rings. The van der Waals surface area contributed by atoms with E-state index >= 15 is 0 Å². The van der Waals surface area contributed by atoms with Gasteiger partial charge in [-0.1, -0.05) is 35.9 Å². The summed E-state index contributed by atoms with van der Waals surface area (Å²) in [5.41, 5.74) is 1.94. The second-order valence-corrected chi connectivity index (χ2v) is 11.0. The van der Waals surface area contributed by atoms with E-state index in [1.807, 2.05) is 0 Å². The monoisotopic (exact) mass is 661 g/mol. The largest absolute Gasteiger partial charge is 0.495 e. The predicted molar refractivity (Wildman–Crippen MR) is 180 cm³/mol. The van der Waals surface area contributed by atoms with Crippen LogP contribution in [0.15, 0.2) is 95.5 Å². The van der Waals surface area contributed by atoms with Gasteiger partial charge in [0.1, 0.15) is 17.2 Å². The van der Waals surface area contributed by atoms with Gasteiger partial charge in [0.2, 0.25) is 5.91 Å². The fourth-order valence-corrected chi connectivity index (χ4v) is 5.12. The van der Waals surface area contributed by atoms with Crippen molar-refractivity contribution in [3.8, 4) is 23.0 Å². The van der Waals surface area contributed by atoms with E-state index in [2.05, 4.69) is 16.0 Å². The number of ether oxygens (including phenoxy) is 4. The third-order valence-corrected chi connectivity index (χ3v) is 7.78. The number of halogens is 1. The van der Waals surface area contributed by atoms with Crippen LogP contribution in [0.3, 0.4) is 0 Å². The zero-order valence-corrected chi connectivity index (χ0v) is 27.1. The molecule has 0 unspecified atom stereocenters. The highest BCUT2D eigenvalue weighted by Gasteiger charge is 2.17. The van der Waals surface area contributed by atoms with Gasteiger partial charge in [0.05, 0.1) is 44.9 Å². The standard InChI is InChI=1S/C34H32ClN3O7S/c1-42-28-15-10-21(17-31(28)45-4)16-27(38-33(40)22-8-6-5-7-9-22)34(41)36-23-11-13-24(14-12-23)46-20-32(39)37-26-18-25(35)29(43-2)19-30(26)44-3/h5-19H,20H2,1-4H3,(H,36,41)(H,37,39)(H,38,40)/b27-16-. The van der Waals surface area contributed by atoms with Crippen LogP contribution in [0, 0.1) is 0 Å². The molecule has 4 rings (SSSR count). The number of benzene rings is 4. The Morgan fingerprint density at radius 3 is 2.07 bits per heavy atom. The molecule has 0 saturated carbocycles. The molecule has 0 aliphatic carbocycles. The van der Waals surface area contributed by atoms with Gasteiger partial charge in [0.25, 0.3) is 11.8 Å². The molecule has 0 aromatic heterocycles. The average Bonchev–Trinajstić information content (AvgIpc) is 3.08. The van der Waals surface area contributed by atoms with Crippen LogP contribution in [-0.4, -0.2) is 51.9 Å². The minimum Gasteiger partial charge on any atom is -0.495 e. The quantitative estimate of drug-likeness (QED) is 0.109. The van der Waals surface area contributed by atoms with E-state index in [1.165, 1.54) is 40.2 Å². The Kier molecular flexibility index (Phi) is 11.9. The summed E-state index contributed by atoms with van der Waals surface area (Å²) in [5.74, 6) is 0.717. The van der Waals surface area contributed by atoms with Gasteiger partial charge in [-0.25, -0.2) is 0 Å². The molecule has 0 atom stereocenters. The lowest BCUT2D eigenvalue weighted by molar-refractivity contribution is -0.114. The van der Waals surface area contributed by atoms with Gasteiger partial charge in [-0.05, 0) is 66.2 Å². The molecule has 238 valence electrons. The van der Waals surface area contributed by atoms with Gasteiger partial charge in [0, 0.05) is 22.2 Å². The maximum atomic E-state index is 13.4. The van der Waals surface area contributed by atoms with Gasteiger partial charge in [0.15, 0.2) is 11.5 Å². The van der Waals surface area contributed by atoms with Crippen LogP contribution in [0.1, 0.15) is 15.9 Å². The normalized spacial score (nSPS) is 10.8. The summed E-state index contributed by atoms with van der Waals surface area (Å²) in [6.07, 6.45) is 1.55. The number of methoxy groups -OCH3 is 4. The molecule has 46 heavy (non-hydrogen) atoms. The Bertz CT molecular complexity index is 1730. The van der Waals surface area contributed by atoms with Crippen molar-refractivity contribution in [2.75, 3.05) is 44.8 Å². The topological polar surface area (TPSA) is 124 Å². The van der Waals surface area contributed by atoms with Crippen LogP contribution in [-0.2, 0) is 9.59 Å². The number of rotatable bonds is 13. The number of hydrogen-bond donors (Lipinski definition) is 3. The SMILES string of the molecule is COc1cc(OC)c(NC(=O)CSc2ccc(NC(=O)/C(=C/c3ccc(OC)c(OC)c3)NC(=O)c3ccccc3)cc2)cc1Cl. The molecule has 0 radical (unpaired) electrons. The first-order chi connectivity index (χ1) is 22.2. The van der Waals surface area contributed by atoms with Crippen LogP contribution in [0.4, 0.5) is 11.4 Å². The minimum absolute atomic E-state index is 0.0188. The van der Waals surface area contributed by atoms with Gasteiger partial charge >= 0.3 is 0 Å². The molecular weight excluding hydrogens is 630 g/mol. The molecular formula is C34H32ClN3O7S. The summed E-state index contributed by atoms with van der Waals surface area (Å²) >= 11 is 7.51. The van der Waals surface area contributed by atoms with E-state index < -0.39 is 11.8 Å². The third-order valence-electron chi connectivity index (χ3n) is 6.48. The Balaban J connectivity index is 1.44. The number of amides is 3. The molecule has 3 N–H and O–H groups in total. The number of carbonyl (C=O) groups excluding carboxylic acids is 3. The van der Waals surface area contributed by atoms with E-state index in [1.54, 1.807) is 91.0 Å². The molecule has 4 aromatic rings. The Labute approximate surface area is 276 Å². The highest BCUT2D eigenvalue weighted by atomic mass is 35.5. The summed E-state index contributed by atoms with van der Waals surface area (Å²) in [7, 11) is 6.02. The second-order valence-electron chi connectivity index (χ2n) is 9.49. The van der Waals surface area contributed by atoms with Crippen LogP contribution in [0.5, 0.6) is 23.0 Å². The zero-order valence-electron chi connectivity index (χ0n) is 25.5. The minimum atomic E-state index is -0.536. The molecule has 10 nitrogen and oxygen atoms in total. The van der Waals surface area contributed by atoms with Crippen LogP contribution >= 0.6 is 23.4 Å². The van der Waals surface area contributed by atoms with Gasteiger partial charge in [-0.3, -0.25) is 14.4 Å². The summed E-state index contributed by atoms with van der Waals surface area (Å²) < 4.78 is 21.2. The number of carbonyl (C=O) groups is 3. The second kappa shape index (κ2) is 16.3. The lowest BCUT2D eigenvalue weighted by Gasteiger charge is -2.13. The van der Waals surface area contributed by atoms with Crippen LogP contribution in [0.25, 0.3) is 6.08 Å². The molecule has 0 aliphatic heterocycles. The number of hydrogen-bond acceptors (Lipinski definition) is 8. The molecule has 0 bridgehead atoms. The Morgan fingerprint density at radius 2 is 1.41 bits per heavy atom. The summed E-state index contributed by atoms with van der Waals surface area (Å²) in [6.45, 7) is 0. The van der Waals surface area contributed by atoms with Crippen molar-refractivity contribution in [1.82, 2.24) is 5.32 Å². The van der Waals surface area contributed by atoms with Crippen molar-refractivity contribution in [3.05, 3.63) is 107 Å². The molecule has 4 aromatic carbocycles. The highest BCUT2D eigenvalue weighted by Crippen LogP contribution is 2.36. The predicted octanol–water partition coefficient (Wildman–Crippen LogP) is 6.51. The number of anilines is 2. The van der Waals surface area contributed by atoms with E-state index in [-0.39, 0.29) is 17.4 Å². The van der Waals surface area contributed by atoms with Crippen LogP contribution in [0.2, 0.25) is 5.02 Å². The lowest BCUT2D eigenvalue weighted by atomic mass is 10.1. The molecule has 0 saturated heterocycles. The maximum Gasteiger partial charge on any atom is 0.272 e. The highest BCUT2D eigenvalue weighted by molar-refractivity contribution is 8.00. The van der Waals surface area contributed by atoms with E-state index in [0.29, 0.717) is 50.5 Å². The van der Waals surface area contributed by atoms with Crippen LogP contribution < -0.4 is 34.9 Å². The maximum absolute atomic E-state index is 13.4. The van der Waals surface area contributed by atoms with Crippen molar-refractivity contribution >= 4 is 58.5 Å². The summed E-state index contributed by atoms with van der Waals surface area (Å²) in [5, 5.41) is 8.67. The first-order valence-corrected chi connectivity index (χ1v) is 15.2. The molecule has 0 aliphatic rings. The molecule has 12 heteroatoms. The van der Waals surface area contributed by atoms with E-state index in [9.17, 15) is 14.4 Å². The van der Waals surface area contributed by atoms with Gasteiger partial charge in [-0.2, -0.15) is 0 Å².